The van der Waals surface area contributed by atoms with E-state index in [0.29, 0.717) is 17.9 Å². The number of ketones is 1. The zero-order chi connectivity index (χ0) is 25.4. The van der Waals surface area contributed by atoms with Crippen molar-refractivity contribution in [3.8, 4) is 0 Å². The van der Waals surface area contributed by atoms with Crippen LogP contribution in [0, 0.1) is 13.8 Å². The summed E-state index contributed by atoms with van der Waals surface area (Å²) in [5, 5.41) is 0. The molecule has 0 radical (unpaired) electrons. The number of esters is 2. The number of rotatable bonds is 7. The van der Waals surface area contributed by atoms with Crippen LogP contribution in [-0.2, 0) is 14.2 Å². The van der Waals surface area contributed by atoms with Crippen molar-refractivity contribution in [2.45, 2.75) is 45.8 Å². The number of nitrogens with one attached hydrogen (secondary N) is 1. The third-order valence-corrected chi connectivity index (χ3v) is 6.34. The van der Waals surface area contributed by atoms with Crippen molar-refractivity contribution in [1.82, 2.24) is 9.88 Å². The van der Waals surface area contributed by atoms with Crippen LogP contribution in [0.3, 0.4) is 0 Å². The lowest BCUT2D eigenvalue weighted by atomic mass is 10.1. The number of carbonyl (C=O) groups is 5. The molecule has 35 heavy (non-hydrogen) atoms. The minimum atomic E-state index is -1.17. The Balaban J connectivity index is 1.48. The van der Waals surface area contributed by atoms with Gasteiger partial charge in [0.25, 0.3) is 11.8 Å². The summed E-state index contributed by atoms with van der Waals surface area (Å²) >= 11 is 0. The number of methoxy groups -OCH3 is 1. The molecule has 2 aliphatic heterocycles. The van der Waals surface area contributed by atoms with Gasteiger partial charge in [0.1, 0.15) is 0 Å². The molecule has 1 aromatic heterocycles. The van der Waals surface area contributed by atoms with Crippen molar-refractivity contribution in [3.05, 3.63) is 57.4 Å². The van der Waals surface area contributed by atoms with Gasteiger partial charge in [0.05, 0.1) is 47.7 Å². The fourth-order valence-electron chi connectivity index (χ4n) is 4.47. The number of ether oxygens (including phenoxy) is 3. The third kappa shape index (κ3) is 4.37. The van der Waals surface area contributed by atoms with Crippen LogP contribution in [0.15, 0.2) is 18.2 Å². The van der Waals surface area contributed by atoms with E-state index >= 15 is 0 Å². The highest BCUT2D eigenvalue weighted by molar-refractivity contribution is 6.22. The molecule has 2 amide bonds. The predicted octanol–water partition coefficient (Wildman–Crippen LogP) is 2.62. The van der Waals surface area contributed by atoms with Crippen LogP contribution in [0.4, 0.5) is 0 Å². The van der Waals surface area contributed by atoms with E-state index < -0.39 is 35.6 Å². The first kappa shape index (κ1) is 24.3. The van der Waals surface area contributed by atoms with Gasteiger partial charge in [-0.15, -0.1) is 0 Å². The van der Waals surface area contributed by atoms with Gasteiger partial charge in [-0.05, 0) is 57.4 Å². The van der Waals surface area contributed by atoms with Gasteiger partial charge in [-0.25, -0.2) is 9.59 Å². The molecule has 1 saturated heterocycles. The van der Waals surface area contributed by atoms with Gasteiger partial charge >= 0.3 is 11.9 Å². The number of hydrogen-bond donors (Lipinski definition) is 1. The summed E-state index contributed by atoms with van der Waals surface area (Å²) in [7, 11) is 1.25. The standard InChI is InChI=1S/C25H26N2O8/c1-12-19(25(32)33-4)13(2)26-20(12)21(28)14(3)35-24(31)15-7-8-17-18(10-15)23(30)27(22(17)29)11-16-6-5-9-34-16/h7-8,10,14,16,26H,5-6,9,11H2,1-4H3. The first-order chi connectivity index (χ1) is 16.6. The second kappa shape index (κ2) is 9.46. The normalized spacial score (nSPS) is 17.9. The lowest BCUT2D eigenvalue weighted by Crippen LogP contribution is -2.36. The Bertz CT molecular complexity index is 1240. The molecular weight excluding hydrogens is 456 g/mol. The molecule has 1 fully saturated rings. The number of fused-ring (bicyclic) bond motifs is 1. The van der Waals surface area contributed by atoms with Gasteiger partial charge in [-0.2, -0.15) is 0 Å². The van der Waals surface area contributed by atoms with Crippen LogP contribution in [-0.4, -0.2) is 71.9 Å². The first-order valence-electron chi connectivity index (χ1n) is 11.3. The highest BCUT2D eigenvalue weighted by Crippen LogP contribution is 2.27. The quantitative estimate of drug-likeness (QED) is 0.362. The number of aryl methyl sites for hydroxylation is 1. The van der Waals surface area contributed by atoms with E-state index in [4.69, 9.17) is 14.2 Å². The number of aromatic nitrogens is 1. The average Bonchev–Trinajstić information content (AvgIpc) is 3.52. The van der Waals surface area contributed by atoms with E-state index in [2.05, 4.69) is 4.98 Å². The first-order valence-corrected chi connectivity index (χ1v) is 11.3. The number of carbonyl (C=O) groups excluding carboxylic acids is 5. The largest absolute Gasteiger partial charge is 0.465 e. The van der Waals surface area contributed by atoms with Crippen LogP contribution in [0.1, 0.15) is 82.9 Å². The number of Topliss-reactive ketones (excluding diaryl/α,β-unsaturated/α-hetero) is 1. The molecule has 0 saturated carbocycles. The Labute approximate surface area is 201 Å². The molecule has 4 rings (SSSR count). The maximum absolute atomic E-state index is 12.9. The van der Waals surface area contributed by atoms with Gasteiger partial charge < -0.3 is 19.2 Å². The van der Waals surface area contributed by atoms with Crippen molar-refractivity contribution in [3.63, 3.8) is 0 Å². The minimum Gasteiger partial charge on any atom is -0.465 e. The highest BCUT2D eigenvalue weighted by Gasteiger charge is 2.38. The SMILES string of the molecule is COC(=O)c1c(C)[nH]c(C(=O)C(C)OC(=O)c2ccc3c(c2)C(=O)N(CC2CCCO2)C3=O)c1C. The number of amides is 2. The van der Waals surface area contributed by atoms with Crippen molar-refractivity contribution in [1.29, 1.82) is 0 Å². The molecule has 10 heteroatoms. The zero-order valence-corrected chi connectivity index (χ0v) is 19.9. The molecule has 0 bridgehead atoms. The number of nitrogens with zero attached hydrogens (tertiary/aromatic N) is 1. The Morgan fingerprint density at radius 1 is 1.14 bits per heavy atom. The molecule has 2 unspecified atom stereocenters. The molecule has 2 atom stereocenters. The van der Waals surface area contributed by atoms with Crippen LogP contribution in [0.25, 0.3) is 0 Å². The summed E-state index contributed by atoms with van der Waals surface area (Å²) in [6, 6.07) is 4.11. The summed E-state index contributed by atoms with van der Waals surface area (Å²) in [5.41, 5.74) is 1.62. The fourth-order valence-corrected chi connectivity index (χ4v) is 4.47. The van der Waals surface area contributed by atoms with Crippen molar-refractivity contribution in [2.24, 2.45) is 0 Å². The van der Waals surface area contributed by atoms with Gasteiger partial charge in [0, 0.05) is 12.3 Å². The molecule has 0 aliphatic carbocycles. The summed E-state index contributed by atoms with van der Waals surface area (Å²) in [4.78, 5) is 67.2. The molecule has 3 heterocycles. The van der Waals surface area contributed by atoms with Gasteiger partial charge in [0.2, 0.25) is 5.78 Å². The van der Waals surface area contributed by atoms with Crippen LogP contribution in [0.5, 0.6) is 0 Å². The number of imide groups is 1. The molecule has 2 aromatic rings. The molecule has 184 valence electrons. The average molecular weight is 482 g/mol. The van der Waals surface area contributed by atoms with E-state index in [1.54, 1.807) is 13.8 Å². The summed E-state index contributed by atoms with van der Waals surface area (Å²) in [6.45, 7) is 5.42. The van der Waals surface area contributed by atoms with Crippen LogP contribution >= 0.6 is 0 Å². The summed E-state index contributed by atoms with van der Waals surface area (Å²) in [6.07, 6.45) is 0.295. The number of aromatic amines is 1. The molecular formula is C25H26N2O8. The van der Waals surface area contributed by atoms with E-state index in [1.807, 2.05) is 0 Å². The number of hydrogen-bond acceptors (Lipinski definition) is 8. The zero-order valence-electron chi connectivity index (χ0n) is 19.9. The monoisotopic (exact) mass is 482 g/mol. The van der Waals surface area contributed by atoms with Crippen LogP contribution in [0.2, 0.25) is 0 Å². The third-order valence-electron chi connectivity index (χ3n) is 6.34. The Morgan fingerprint density at radius 3 is 2.51 bits per heavy atom. The lowest BCUT2D eigenvalue weighted by Gasteiger charge is -2.17. The number of H-pyrrole nitrogens is 1. The molecule has 10 nitrogen and oxygen atoms in total. The summed E-state index contributed by atoms with van der Waals surface area (Å²) < 4.78 is 15.6. The van der Waals surface area contributed by atoms with Crippen molar-refractivity contribution >= 4 is 29.5 Å². The maximum atomic E-state index is 12.9. The number of benzene rings is 1. The second-order valence-electron chi connectivity index (χ2n) is 8.64. The van der Waals surface area contributed by atoms with E-state index in [1.165, 1.54) is 32.2 Å². The van der Waals surface area contributed by atoms with Gasteiger partial charge in [-0.1, -0.05) is 0 Å². The Morgan fingerprint density at radius 2 is 1.86 bits per heavy atom. The van der Waals surface area contributed by atoms with E-state index in [0.717, 1.165) is 17.7 Å². The highest BCUT2D eigenvalue weighted by atomic mass is 16.5. The minimum absolute atomic E-state index is 0.0400. The second-order valence-corrected chi connectivity index (χ2v) is 8.64. The topological polar surface area (TPSA) is 132 Å². The molecule has 2 aliphatic rings. The molecule has 1 N–H and O–H groups in total. The Hall–Kier alpha value is -3.79. The fraction of sp³-hybridized carbons (Fsp3) is 0.400. The van der Waals surface area contributed by atoms with Crippen molar-refractivity contribution in [2.75, 3.05) is 20.3 Å². The Kier molecular flexibility index (Phi) is 6.58. The maximum Gasteiger partial charge on any atom is 0.339 e. The molecule has 0 spiro atoms. The lowest BCUT2D eigenvalue weighted by molar-refractivity contribution is 0.0316. The van der Waals surface area contributed by atoms with Gasteiger partial charge in [-0.3, -0.25) is 19.3 Å². The van der Waals surface area contributed by atoms with Crippen molar-refractivity contribution < 1.29 is 38.2 Å². The molecule has 1 aromatic carbocycles. The van der Waals surface area contributed by atoms with Crippen LogP contribution < -0.4 is 0 Å². The summed E-state index contributed by atoms with van der Waals surface area (Å²) in [5.74, 6) is -2.84. The van der Waals surface area contributed by atoms with Gasteiger partial charge in [0.15, 0.2) is 6.10 Å². The predicted molar refractivity (Wildman–Crippen MR) is 122 cm³/mol. The smallest absolute Gasteiger partial charge is 0.339 e. The van der Waals surface area contributed by atoms with E-state index in [9.17, 15) is 24.0 Å². The van der Waals surface area contributed by atoms with E-state index in [-0.39, 0.29) is 40.6 Å².